The number of H-pyrrole nitrogens is 1. The second-order valence-corrected chi connectivity index (χ2v) is 3.94. The number of hydrogen-bond acceptors (Lipinski definition) is 2. The molecule has 1 aromatic heterocycles. The summed E-state index contributed by atoms with van der Waals surface area (Å²) in [6.07, 6.45) is 2.02. The van der Waals surface area contributed by atoms with Gasteiger partial charge in [-0.1, -0.05) is 6.07 Å². The van der Waals surface area contributed by atoms with Crippen LogP contribution in [0.5, 0.6) is 0 Å². The highest BCUT2D eigenvalue weighted by Gasteiger charge is 2.38. The lowest BCUT2D eigenvalue weighted by molar-refractivity contribution is 0.0930. The van der Waals surface area contributed by atoms with Crippen molar-refractivity contribution in [3.8, 4) is 0 Å². The summed E-state index contributed by atoms with van der Waals surface area (Å²) in [5.74, 6) is -0.206. The van der Waals surface area contributed by atoms with Crippen LogP contribution >= 0.6 is 0 Å². The van der Waals surface area contributed by atoms with Crippen LogP contribution in [0.3, 0.4) is 0 Å². The van der Waals surface area contributed by atoms with Gasteiger partial charge in [0.05, 0.1) is 0 Å². The van der Waals surface area contributed by atoms with Gasteiger partial charge in [0.25, 0.3) is 5.91 Å². The second kappa shape index (κ2) is 2.97. The Morgan fingerprint density at radius 1 is 1.50 bits per heavy atom. The van der Waals surface area contributed by atoms with Gasteiger partial charge in [-0.2, -0.15) is 0 Å². The molecule has 1 amide bonds. The maximum Gasteiger partial charge on any atom is 0.268 e. The molecule has 1 aliphatic carbocycles. The van der Waals surface area contributed by atoms with E-state index in [4.69, 9.17) is 0 Å². The van der Waals surface area contributed by atoms with E-state index in [1.807, 2.05) is 6.92 Å². The Labute approximate surface area is 81.3 Å². The van der Waals surface area contributed by atoms with Crippen LogP contribution in [0.2, 0.25) is 0 Å². The molecule has 1 saturated carbocycles. The van der Waals surface area contributed by atoms with Gasteiger partial charge in [-0.3, -0.25) is 9.59 Å². The van der Waals surface area contributed by atoms with E-state index in [1.54, 1.807) is 12.1 Å². The number of carbonyl (C=O) groups excluding carboxylic acids is 1. The molecule has 0 unspecified atom stereocenters. The van der Waals surface area contributed by atoms with Crippen LogP contribution in [0.1, 0.15) is 30.3 Å². The van der Waals surface area contributed by atoms with Gasteiger partial charge in [-0.25, -0.2) is 0 Å². The van der Waals surface area contributed by atoms with Crippen molar-refractivity contribution in [3.63, 3.8) is 0 Å². The van der Waals surface area contributed by atoms with E-state index in [0.717, 1.165) is 12.8 Å². The molecule has 0 atom stereocenters. The van der Waals surface area contributed by atoms with Crippen LogP contribution in [0, 0.1) is 0 Å². The quantitative estimate of drug-likeness (QED) is 0.723. The van der Waals surface area contributed by atoms with Crippen LogP contribution in [-0.2, 0) is 0 Å². The van der Waals surface area contributed by atoms with Crippen LogP contribution in [0.25, 0.3) is 0 Å². The number of amides is 1. The van der Waals surface area contributed by atoms with Gasteiger partial charge in [0.15, 0.2) is 0 Å². The fourth-order valence-corrected chi connectivity index (χ4v) is 1.23. The third-order valence-electron chi connectivity index (χ3n) is 2.43. The fraction of sp³-hybridized carbons (Fsp3) is 0.400. The van der Waals surface area contributed by atoms with Gasteiger partial charge in [-0.15, -0.1) is 0 Å². The Balaban J connectivity index is 2.15. The lowest BCUT2D eigenvalue weighted by Gasteiger charge is -2.10. The Kier molecular flexibility index (Phi) is 1.91. The van der Waals surface area contributed by atoms with Crippen LogP contribution in [-0.4, -0.2) is 16.4 Å². The van der Waals surface area contributed by atoms with E-state index in [0.29, 0.717) is 5.69 Å². The van der Waals surface area contributed by atoms with Crippen molar-refractivity contribution >= 4 is 5.91 Å². The number of aromatic amines is 1. The molecule has 0 aromatic carbocycles. The molecule has 2 rings (SSSR count). The summed E-state index contributed by atoms with van der Waals surface area (Å²) in [4.78, 5) is 25.0. The first-order valence-electron chi connectivity index (χ1n) is 4.61. The lowest BCUT2D eigenvalue weighted by atomic mass is 10.3. The van der Waals surface area contributed by atoms with Gasteiger partial charge < -0.3 is 10.3 Å². The van der Waals surface area contributed by atoms with Crippen LogP contribution < -0.4 is 10.9 Å². The minimum absolute atomic E-state index is 0.0518. The minimum atomic E-state index is -0.251. The first-order chi connectivity index (χ1) is 6.59. The third kappa shape index (κ3) is 1.84. The van der Waals surface area contributed by atoms with E-state index in [1.165, 1.54) is 6.07 Å². The largest absolute Gasteiger partial charge is 0.346 e. The minimum Gasteiger partial charge on any atom is -0.346 e. The average Bonchev–Trinajstić information content (AvgIpc) is 2.83. The summed E-state index contributed by atoms with van der Waals surface area (Å²) in [7, 11) is 0. The smallest absolute Gasteiger partial charge is 0.268 e. The molecule has 1 heterocycles. The zero-order valence-corrected chi connectivity index (χ0v) is 7.96. The predicted octanol–water partition coefficient (Wildman–Crippen LogP) is 0.657. The topological polar surface area (TPSA) is 62.0 Å². The summed E-state index contributed by atoms with van der Waals surface area (Å²) in [6, 6.07) is 4.56. The van der Waals surface area contributed by atoms with Crippen molar-refractivity contribution in [2.24, 2.45) is 0 Å². The van der Waals surface area contributed by atoms with E-state index in [-0.39, 0.29) is 17.0 Å². The Bertz CT molecular complexity index is 418. The second-order valence-electron chi connectivity index (χ2n) is 3.94. The Hall–Kier alpha value is -1.58. The third-order valence-corrected chi connectivity index (χ3v) is 2.43. The molecule has 4 nitrogen and oxygen atoms in total. The molecule has 2 N–H and O–H groups in total. The molecule has 74 valence electrons. The maximum atomic E-state index is 11.6. The highest BCUT2D eigenvalue weighted by Crippen LogP contribution is 2.34. The first kappa shape index (κ1) is 8.99. The zero-order valence-electron chi connectivity index (χ0n) is 7.96. The molecular weight excluding hydrogens is 180 g/mol. The Morgan fingerprint density at radius 3 is 2.79 bits per heavy atom. The highest BCUT2D eigenvalue weighted by atomic mass is 16.2. The van der Waals surface area contributed by atoms with Gasteiger partial charge in [0, 0.05) is 11.6 Å². The number of rotatable bonds is 2. The molecule has 0 aliphatic heterocycles. The molecule has 0 saturated heterocycles. The molecule has 1 aliphatic rings. The van der Waals surface area contributed by atoms with Crippen LogP contribution in [0.4, 0.5) is 0 Å². The monoisotopic (exact) mass is 192 g/mol. The number of carbonyl (C=O) groups is 1. The Morgan fingerprint density at radius 2 is 2.21 bits per heavy atom. The number of hydrogen-bond donors (Lipinski definition) is 2. The molecule has 0 bridgehead atoms. The normalized spacial score (nSPS) is 17.5. The van der Waals surface area contributed by atoms with Gasteiger partial charge in [-0.05, 0) is 25.8 Å². The van der Waals surface area contributed by atoms with Gasteiger partial charge >= 0.3 is 0 Å². The fourth-order valence-electron chi connectivity index (χ4n) is 1.23. The molecule has 14 heavy (non-hydrogen) atoms. The molecule has 4 heteroatoms. The summed E-state index contributed by atoms with van der Waals surface area (Å²) >= 11 is 0. The van der Waals surface area contributed by atoms with Crippen molar-refractivity contribution < 1.29 is 4.79 Å². The van der Waals surface area contributed by atoms with Crippen molar-refractivity contribution in [1.82, 2.24) is 10.3 Å². The van der Waals surface area contributed by atoms with Crippen molar-refractivity contribution in [3.05, 3.63) is 34.2 Å². The first-order valence-corrected chi connectivity index (χ1v) is 4.61. The number of nitrogens with one attached hydrogen (secondary N) is 2. The summed E-state index contributed by atoms with van der Waals surface area (Å²) < 4.78 is 0. The summed E-state index contributed by atoms with van der Waals surface area (Å²) in [6.45, 7) is 1.99. The van der Waals surface area contributed by atoms with E-state index < -0.39 is 0 Å². The van der Waals surface area contributed by atoms with Gasteiger partial charge in [0.1, 0.15) is 5.69 Å². The standard InChI is InChI=1S/C10H12N2O2/c1-10(5-6-10)12-9(14)7-3-2-4-8(13)11-7/h2-4H,5-6H2,1H3,(H,11,13)(H,12,14). The molecule has 0 radical (unpaired) electrons. The molecular formula is C10H12N2O2. The molecule has 1 fully saturated rings. The number of aromatic nitrogens is 1. The number of pyridine rings is 1. The summed E-state index contributed by atoms with van der Waals surface area (Å²) in [5.41, 5.74) is 0.0216. The van der Waals surface area contributed by atoms with Crippen molar-refractivity contribution in [2.45, 2.75) is 25.3 Å². The SMILES string of the molecule is CC1(NC(=O)c2cccc(=O)[nH]2)CC1. The predicted molar refractivity (Wildman–Crippen MR) is 52.2 cm³/mol. The van der Waals surface area contributed by atoms with E-state index in [2.05, 4.69) is 10.3 Å². The lowest BCUT2D eigenvalue weighted by Crippen LogP contribution is -2.35. The van der Waals surface area contributed by atoms with E-state index in [9.17, 15) is 9.59 Å². The van der Waals surface area contributed by atoms with Crippen molar-refractivity contribution in [1.29, 1.82) is 0 Å². The maximum absolute atomic E-state index is 11.6. The summed E-state index contributed by atoms with van der Waals surface area (Å²) in [5, 5.41) is 2.86. The zero-order chi connectivity index (χ0) is 10.2. The van der Waals surface area contributed by atoms with Crippen LogP contribution in [0.15, 0.2) is 23.0 Å². The van der Waals surface area contributed by atoms with Gasteiger partial charge in [0.2, 0.25) is 5.56 Å². The molecule has 1 aromatic rings. The highest BCUT2D eigenvalue weighted by molar-refractivity contribution is 5.92. The molecule has 0 spiro atoms. The van der Waals surface area contributed by atoms with Crippen molar-refractivity contribution in [2.75, 3.05) is 0 Å². The average molecular weight is 192 g/mol. The van der Waals surface area contributed by atoms with E-state index >= 15 is 0 Å².